The fourth-order valence-corrected chi connectivity index (χ4v) is 3.35. The van der Waals surface area contributed by atoms with E-state index in [2.05, 4.69) is 39.1 Å². The van der Waals surface area contributed by atoms with Crippen LogP contribution in [-0.2, 0) is 17.6 Å². The van der Waals surface area contributed by atoms with Crippen LogP contribution in [0.4, 0.5) is 5.69 Å². The molecule has 7 nitrogen and oxygen atoms in total. The van der Waals surface area contributed by atoms with Crippen LogP contribution in [0.15, 0.2) is 41.4 Å². The molecule has 3 rings (SSSR count). The zero-order chi connectivity index (χ0) is 21.3. The van der Waals surface area contributed by atoms with Gasteiger partial charge in [0.25, 0.3) is 0 Å². The first kappa shape index (κ1) is 21.5. The summed E-state index contributed by atoms with van der Waals surface area (Å²) in [7, 11) is 3.45. The number of methoxy groups -OCH3 is 1. The van der Waals surface area contributed by atoms with Crippen LogP contribution in [-0.4, -0.2) is 45.7 Å². The average molecular weight is 411 g/mol. The molecule has 0 bridgehead atoms. The molecule has 1 heterocycles. The maximum absolute atomic E-state index is 11.4. The lowest BCUT2D eigenvalue weighted by Crippen LogP contribution is -2.40. The van der Waals surface area contributed by atoms with Gasteiger partial charge in [-0.2, -0.15) is 0 Å². The van der Waals surface area contributed by atoms with Gasteiger partial charge >= 0.3 is 0 Å². The Kier molecular flexibility index (Phi) is 7.54. The first-order valence-corrected chi connectivity index (χ1v) is 10.2. The van der Waals surface area contributed by atoms with Crippen molar-refractivity contribution in [2.24, 2.45) is 4.99 Å². The van der Waals surface area contributed by atoms with Crippen LogP contribution in [0.25, 0.3) is 0 Å². The molecule has 2 aromatic rings. The van der Waals surface area contributed by atoms with E-state index < -0.39 is 0 Å². The molecule has 0 aliphatic carbocycles. The molecule has 0 unspecified atom stereocenters. The van der Waals surface area contributed by atoms with Crippen molar-refractivity contribution < 1.29 is 14.3 Å². The number of amides is 1. The number of aryl methyl sites for hydroxylation is 2. The molecule has 0 aromatic heterocycles. The topological polar surface area (TPSA) is 84.0 Å². The molecule has 0 atom stereocenters. The summed E-state index contributed by atoms with van der Waals surface area (Å²) < 4.78 is 11.2. The van der Waals surface area contributed by atoms with E-state index >= 15 is 0 Å². The van der Waals surface area contributed by atoms with Gasteiger partial charge in [-0.3, -0.25) is 9.79 Å². The standard InChI is InChI=1S/C23H30N4O3/c1-16-4-5-17(14-21(16)29-3)10-11-25-23(24-2)26-12-13-30-19-7-8-20-18(15-19)6-9-22(28)27-20/h4-5,7-8,14-15H,6,9-13H2,1-3H3,(H,27,28)(H2,24,25,26). The summed E-state index contributed by atoms with van der Waals surface area (Å²) >= 11 is 0. The number of hydrogen-bond donors (Lipinski definition) is 3. The third kappa shape index (κ3) is 5.89. The highest BCUT2D eigenvalue weighted by Crippen LogP contribution is 2.26. The number of anilines is 1. The van der Waals surface area contributed by atoms with Gasteiger partial charge in [-0.05, 0) is 60.7 Å². The number of rotatable bonds is 8. The Balaban J connectivity index is 1.38. The van der Waals surface area contributed by atoms with Crippen LogP contribution in [0.3, 0.4) is 0 Å². The molecular weight excluding hydrogens is 380 g/mol. The summed E-state index contributed by atoms with van der Waals surface area (Å²) in [5.74, 6) is 2.53. The van der Waals surface area contributed by atoms with E-state index in [1.54, 1.807) is 14.2 Å². The Morgan fingerprint density at radius 1 is 1.13 bits per heavy atom. The quantitative estimate of drug-likeness (QED) is 0.354. The largest absolute Gasteiger partial charge is 0.496 e. The average Bonchev–Trinajstić information content (AvgIpc) is 2.76. The number of nitrogens with one attached hydrogen (secondary N) is 3. The normalized spacial score (nSPS) is 13.3. The molecule has 0 radical (unpaired) electrons. The molecule has 7 heteroatoms. The van der Waals surface area contributed by atoms with E-state index in [9.17, 15) is 4.79 Å². The van der Waals surface area contributed by atoms with Crippen molar-refractivity contribution in [3.05, 3.63) is 53.1 Å². The summed E-state index contributed by atoms with van der Waals surface area (Å²) in [6.45, 7) is 3.95. The van der Waals surface area contributed by atoms with Crippen LogP contribution < -0.4 is 25.4 Å². The molecular formula is C23H30N4O3. The van der Waals surface area contributed by atoms with Gasteiger partial charge in [-0.25, -0.2) is 0 Å². The van der Waals surface area contributed by atoms with Crippen LogP contribution >= 0.6 is 0 Å². The van der Waals surface area contributed by atoms with Crippen molar-refractivity contribution in [2.45, 2.75) is 26.2 Å². The molecule has 3 N–H and O–H groups in total. The number of carbonyl (C=O) groups is 1. The highest BCUT2D eigenvalue weighted by atomic mass is 16.5. The Morgan fingerprint density at radius 2 is 1.97 bits per heavy atom. The molecule has 1 aliphatic rings. The van der Waals surface area contributed by atoms with Crippen molar-refractivity contribution >= 4 is 17.6 Å². The molecule has 2 aromatic carbocycles. The summed E-state index contributed by atoms with van der Waals surface area (Å²) in [5, 5.41) is 9.45. The van der Waals surface area contributed by atoms with Gasteiger partial charge in [0.2, 0.25) is 5.91 Å². The highest BCUT2D eigenvalue weighted by molar-refractivity contribution is 5.94. The monoisotopic (exact) mass is 410 g/mol. The van der Waals surface area contributed by atoms with Gasteiger partial charge in [0.05, 0.1) is 13.7 Å². The number of benzene rings is 2. The van der Waals surface area contributed by atoms with Gasteiger partial charge in [-0.15, -0.1) is 0 Å². The molecule has 30 heavy (non-hydrogen) atoms. The number of nitrogens with zero attached hydrogens (tertiary/aromatic N) is 1. The minimum atomic E-state index is 0.0702. The van der Waals surface area contributed by atoms with Crippen LogP contribution in [0.1, 0.15) is 23.1 Å². The zero-order valence-electron chi connectivity index (χ0n) is 17.9. The number of fused-ring (bicyclic) bond motifs is 1. The van der Waals surface area contributed by atoms with Crippen LogP contribution in [0.5, 0.6) is 11.5 Å². The van der Waals surface area contributed by atoms with Gasteiger partial charge < -0.3 is 25.4 Å². The Labute approximate surface area is 177 Å². The first-order chi connectivity index (χ1) is 14.6. The number of ether oxygens (including phenoxy) is 2. The third-order valence-corrected chi connectivity index (χ3v) is 5.04. The van der Waals surface area contributed by atoms with Crippen LogP contribution in [0, 0.1) is 6.92 Å². The number of aliphatic imine (C=N–C) groups is 1. The van der Waals surface area contributed by atoms with Crippen molar-refractivity contribution in [1.82, 2.24) is 10.6 Å². The van der Waals surface area contributed by atoms with Gasteiger partial charge in [-0.1, -0.05) is 12.1 Å². The Morgan fingerprint density at radius 3 is 2.77 bits per heavy atom. The fourth-order valence-electron chi connectivity index (χ4n) is 3.35. The van der Waals surface area contributed by atoms with E-state index in [4.69, 9.17) is 9.47 Å². The second-order valence-electron chi connectivity index (χ2n) is 7.20. The van der Waals surface area contributed by atoms with Gasteiger partial charge in [0.1, 0.15) is 18.1 Å². The highest BCUT2D eigenvalue weighted by Gasteiger charge is 2.14. The zero-order valence-corrected chi connectivity index (χ0v) is 17.9. The first-order valence-electron chi connectivity index (χ1n) is 10.2. The molecule has 160 valence electrons. The van der Waals surface area contributed by atoms with E-state index in [0.29, 0.717) is 19.6 Å². The van der Waals surface area contributed by atoms with E-state index in [1.807, 2.05) is 25.1 Å². The van der Waals surface area contributed by atoms with E-state index in [1.165, 1.54) is 5.56 Å². The van der Waals surface area contributed by atoms with Crippen molar-refractivity contribution in [3.63, 3.8) is 0 Å². The second-order valence-corrected chi connectivity index (χ2v) is 7.20. The maximum Gasteiger partial charge on any atom is 0.224 e. The minimum absolute atomic E-state index is 0.0702. The van der Waals surface area contributed by atoms with Crippen molar-refractivity contribution in [1.29, 1.82) is 0 Å². The predicted molar refractivity (Wildman–Crippen MR) is 120 cm³/mol. The van der Waals surface area contributed by atoms with Crippen molar-refractivity contribution in [3.8, 4) is 11.5 Å². The van der Waals surface area contributed by atoms with E-state index in [0.717, 1.165) is 53.7 Å². The van der Waals surface area contributed by atoms with Crippen molar-refractivity contribution in [2.75, 3.05) is 39.2 Å². The molecule has 0 fully saturated rings. The minimum Gasteiger partial charge on any atom is -0.496 e. The summed E-state index contributed by atoms with van der Waals surface area (Å²) in [4.78, 5) is 15.7. The molecule has 0 spiro atoms. The fraction of sp³-hybridized carbons (Fsp3) is 0.391. The Bertz CT molecular complexity index is 911. The molecule has 1 aliphatic heterocycles. The molecule has 0 saturated carbocycles. The summed E-state index contributed by atoms with van der Waals surface area (Å²) in [5.41, 5.74) is 4.35. The number of guanidine groups is 1. The number of carbonyl (C=O) groups excluding carboxylic acids is 1. The van der Waals surface area contributed by atoms with Crippen LogP contribution in [0.2, 0.25) is 0 Å². The second kappa shape index (κ2) is 10.5. The lowest BCUT2D eigenvalue weighted by atomic mass is 10.0. The maximum atomic E-state index is 11.4. The van der Waals surface area contributed by atoms with E-state index in [-0.39, 0.29) is 5.91 Å². The lowest BCUT2D eigenvalue weighted by molar-refractivity contribution is -0.116. The predicted octanol–water partition coefficient (Wildman–Crippen LogP) is 2.67. The SMILES string of the molecule is CN=C(NCCOc1ccc2c(c1)CCC(=O)N2)NCCc1ccc(C)c(OC)c1. The lowest BCUT2D eigenvalue weighted by Gasteiger charge is -2.18. The molecule has 0 saturated heterocycles. The summed E-state index contributed by atoms with van der Waals surface area (Å²) in [6, 6.07) is 12.0. The van der Waals surface area contributed by atoms with Gasteiger partial charge in [0, 0.05) is 25.7 Å². The smallest absolute Gasteiger partial charge is 0.224 e. The van der Waals surface area contributed by atoms with Gasteiger partial charge in [0.15, 0.2) is 5.96 Å². The summed E-state index contributed by atoms with van der Waals surface area (Å²) in [6.07, 6.45) is 2.15. The molecule has 1 amide bonds. The third-order valence-electron chi connectivity index (χ3n) is 5.04. The number of hydrogen-bond acceptors (Lipinski definition) is 4. The Hall–Kier alpha value is -3.22.